The van der Waals surface area contributed by atoms with Gasteiger partial charge < -0.3 is 14.9 Å². The van der Waals surface area contributed by atoms with Crippen LogP contribution >= 0.6 is 11.6 Å². The van der Waals surface area contributed by atoms with Crippen LogP contribution < -0.4 is 10.2 Å². The van der Waals surface area contributed by atoms with Crippen molar-refractivity contribution >= 4 is 23.5 Å². The molecule has 0 bridgehead atoms. The molecule has 0 amide bonds. The SMILES string of the molecule is COc1cc(/C=N/Nc2ccc(C)c(Cl)c2)cc(O)c1O. The highest BCUT2D eigenvalue weighted by Crippen LogP contribution is 2.35. The zero-order valence-corrected chi connectivity index (χ0v) is 12.3. The molecule has 0 fully saturated rings. The van der Waals surface area contributed by atoms with Crippen molar-refractivity contribution in [3.05, 3.63) is 46.5 Å². The van der Waals surface area contributed by atoms with E-state index in [1.54, 1.807) is 12.1 Å². The van der Waals surface area contributed by atoms with Gasteiger partial charge in [-0.3, -0.25) is 5.43 Å². The van der Waals surface area contributed by atoms with Crippen LogP contribution in [0.15, 0.2) is 35.4 Å². The molecule has 0 aliphatic heterocycles. The van der Waals surface area contributed by atoms with Crippen molar-refractivity contribution in [2.45, 2.75) is 6.92 Å². The molecule has 0 radical (unpaired) electrons. The van der Waals surface area contributed by atoms with Crippen LogP contribution in [-0.2, 0) is 0 Å². The lowest BCUT2D eigenvalue weighted by molar-refractivity contribution is 0.351. The number of phenols is 2. The number of aromatic hydroxyl groups is 2. The van der Waals surface area contributed by atoms with Gasteiger partial charge in [0.05, 0.1) is 19.0 Å². The van der Waals surface area contributed by atoms with Gasteiger partial charge in [-0.2, -0.15) is 5.10 Å². The summed E-state index contributed by atoms with van der Waals surface area (Å²) in [6, 6.07) is 8.44. The second-order valence-electron chi connectivity index (χ2n) is 4.42. The molecule has 6 heteroatoms. The van der Waals surface area contributed by atoms with Gasteiger partial charge in [0.2, 0.25) is 5.75 Å². The van der Waals surface area contributed by atoms with Crippen LogP contribution in [0.4, 0.5) is 5.69 Å². The highest BCUT2D eigenvalue weighted by Gasteiger charge is 2.08. The number of halogens is 1. The first-order valence-corrected chi connectivity index (χ1v) is 6.54. The van der Waals surface area contributed by atoms with Crippen molar-refractivity contribution in [1.82, 2.24) is 0 Å². The summed E-state index contributed by atoms with van der Waals surface area (Å²) in [6.07, 6.45) is 1.50. The molecule has 0 aromatic heterocycles. The predicted octanol–water partition coefficient (Wildman–Crippen LogP) is 3.51. The van der Waals surface area contributed by atoms with Crippen LogP contribution in [0.25, 0.3) is 0 Å². The van der Waals surface area contributed by atoms with Crippen molar-refractivity contribution in [3.63, 3.8) is 0 Å². The summed E-state index contributed by atoms with van der Waals surface area (Å²) >= 11 is 6.02. The Hall–Kier alpha value is -2.40. The minimum Gasteiger partial charge on any atom is -0.504 e. The maximum absolute atomic E-state index is 9.57. The first kappa shape index (κ1) is 15.0. The summed E-state index contributed by atoms with van der Waals surface area (Å²) in [5.74, 6) is -0.392. The third-order valence-electron chi connectivity index (χ3n) is 2.88. The molecule has 2 rings (SSSR count). The molecule has 0 unspecified atom stereocenters. The average molecular weight is 307 g/mol. The lowest BCUT2D eigenvalue weighted by Gasteiger charge is -2.06. The Bertz CT molecular complexity index is 687. The van der Waals surface area contributed by atoms with Crippen molar-refractivity contribution < 1.29 is 14.9 Å². The number of nitrogens with zero attached hydrogens (tertiary/aromatic N) is 1. The number of methoxy groups -OCH3 is 1. The van der Waals surface area contributed by atoms with Gasteiger partial charge in [0, 0.05) is 10.6 Å². The number of hydrogen-bond acceptors (Lipinski definition) is 5. The summed E-state index contributed by atoms with van der Waals surface area (Å²) in [4.78, 5) is 0. The number of aryl methyl sites for hydroxylation is 1. The van der Waals surface area contributed by atoms with Crippen LogP contribution in [0.1, 0.15) is 11.1 Å². The maximum Gasteiger partial charge on any atom is 0.200 e. The Morgan fingerprint density at radius 3 is 2.67 bits per heavy atom. The molecule has 0 saturated heterocycles. The van der Waals surface area contributed by atoms with E-state index in [9.17, 15) is 10.2 Å². The van der Waals surface area contributed by atoms with E-state index in [-0.39, 0.29) is 17.2 Å². The Kier molecular flexibility index (Phi) is 4.55. The molecule has 0 heterocycles. The van der Waals surface area contributed by atoms with E-state index in [2.05, 4.69) is 10.5 Å². The monoisotopic (exact) mass is 306 g/mol. The van der Waals surface area contributed by atoms with Crippen molar-refractivity contribution in [1.29, 1.82) is 0 Å². The van der Waals surface area contributed by atoms with Crippen molar-refractivity contribution in [2.75, 3.05) is 12.5 Å². The van der Waals surface area contributed by atoms with Crippen LogP contribution in [0.2, 0.25) is 5.02 Å². The van der Waals surface area contributed by atoms with Crippen LogP contribution in [0.3, 0.4) is 0 Å². The molecule has 3 N–H and O–H groups in total. The van der Waals surface area contributed by atoms with Crippen LogP contribution in [0.5, 0.6) is 17.2 Å². The quantitative estimate of drug-likeness (QED) is 0.459. The molecule has 5 nitrogen and oxygen atoms in total. The topological polar surface area (TPSA) is 74.1 Å². The number of hydrogen-bond donors (Lipinski definition) is 3. The van der Waals surface area contributed by atoms with E-state index < -0.39 is 0 Å². The van der Waals surface area contributed by atoms with Gasteiger partial charge in [0.1, 0.15) is 0 Å². The number of anilines is 1. The van der Waals surface area contributed by atoms with E-state index in [1.807, 2.05) is 19.1 Å². The summed E-state index contributed by atoms with van der Waals surface area (Å²) in [7, 11) is 1.40. The van der Waals surface area contributed by atoms with Crippen LogP contribution in [0, 0.1) is 6.92 Å². The molecule has 110 valence electrons. The molecule has 2 aromatic rings. The fourth-order valence-electron chi connectivity index (χ4n) is 1.69. The molecule has 0 aliphatic rings. The number of hydrazone groups is 1. The van der Waals surface area contributed by atoms with Crippen molar-refractivity contribution in [2.24, 2.45) is 5.10 Å². The van der Waals surface area contributed by atoms with E-state index in [4.69, 9.17) is 16.3 Å². The van der Waals surface area contributed by atoms with E-state index in [1.165, 1.54) is 19.4 Å². The zero-order chi connectivity index (χ0) is 15.4. The molecule has 0 aliphatic carbocycles. The number of benzene rings is 2. The Balaban J connectivity index is 2.14. The van der Waals surface area contributed by atoms with Gasteiger partial charge in [-0.15, -0.1) is 0 Å². The van der Waals surface area contributed by atoms with Crippen molar-refractivity contribution in [3.8, 4) is 17.2 Å². The highest BCUT2D eigenvalue weighted by atomic mass is 35.5. The Morgan fingerprint density at radius 2 is 2.00 bits per heavy atom. The molecule has 2 aromatic carbocycles. The molecule has 21 heavy (non-hydrogen) atoms. The van der Waals surface area contributed by atoms with E-state index >= 15 is 0 Å². The molecular formula is C15H15ClN2O3. The number of ether oxygens (including phenoxy) is 1. The normalized spacial score (nSPS) is 10.8. The van der Waals surface area contributed by atoms with Gasteiger partial charge in [0.25, 0.3) is 0 Å². The predicted molar refractivity (Wildman–Crippen MR) is 83.7 cm³/mol. The largest absolute Gasteiger partial charge is 0.504 e. The summed E-state index contributed by atoms with van der Waals surface area (Å²) < 4.78 is 4.95. The second-order valence-corrected chi connectivity index (χ2v) is 4.83. The third-order valence-corrected chi connectivity index (χ3v) is 3.28. The molecule has 0 saturated carbocycles. The second kappa shape index (κ2) is 6.37. The fraction of sp³-hybridized carbons (Fsp3) is 0.133. The summed E-state index contributed by atoms with van der Waals surface area (Å²) in [6.45, 7) is 1.92. The lowest BCUT2D eigenvalue weighted by atomic mass is 10.2. The first-order chi connectivity index (χ1) is 10.0. The van der Waals surface area contributed by atoms with Gasteiger partial charge in [0.15, 0.2) is 11.5 Å². The number of nitrogens with one attached hydrogen (secondary N) is 1. The van der Waals surface area contributed by atoms with Gasteiger partial charge >= 0.3 is 0 Å². The third kappa shape index (κ3) is 3.58. The molecule has 0 spiro atoms. The summed E-state index contributed by atoms with van der Waals surface area (Å²) in [5, 5.41) is 23.8. The number of rotatable bonds is 4. The van der Waals surface area contributed by atoms with Crippen LogP contribution in [-0.4, -0.2) is 23.5 Å². The smallest absolute Gasteiger partial charge is 0.200 e. The minimum atomic E-state index is -0.298. The molecular weight excluding hydrogens is 292 g/mol. The highest BCUT2D eigenvalue weighted by molar-refractivity contribution is 6.31. The maximum atomic E-state index is 9.57. The van der Waals surface area contributed by atoms with Gasteiger partial charge in [-0.25, -0.2) is 0 Å². The van der Waals surface area contributed by atoms with E-state index in [0.717, 1.165) is 11.3 Å². The average Bonchev–Trinajstić information content (AvgIpc) is 2.46. The number of phenolic OH excluding ortho intramolecular Hbond substituents is 2. The first-order valence-electron chi connectivity index (χ1n) is 6.16. The zero-order valence-electron chi connectivity index (χ0n) is 11.6. The lowest BCUT2D eigenvalue weighted by Crippen LogP contribution is -1.92. The Labute approximate surface area is 127 Å². The van der Waals surface area contributed by atoms with E-state index in [0.29, 0.717) is 10.6 Å². The Morgan fingerprint density at radius 1 is 1.24 bits per heavy atom. The summed E-state index contributed by atoms with van der Waals surface area (Å²) in [5.41, 5.74) is 5.14. The minimum absolute atomic E-state index is 0.176. The van der Waals surface area contributed by atoms with Gasteiger partial charge in [-0.05, 0) is 36.8 Å². The fourth-order valence-corrected chi connectivity index (χ4v) is 1.87. The van der Waals surface area contributed by atoms with Gasteiger partial charge in [-0.1, -0.05) is 17.7 Å². The standard InChI is InChI=1S/C15H15ClN2O3/c1-9-3-4-11(7-12(9)16)18-17-8-10-5-13(19)15(20)14(6-10)21-2/h3-8,18-20H,1-2H3/b17-8+. The molecule has 0 atom stereocenters.